The largest absolute Gasteiger partial charge is 0.496 e. The fourth-order valence-corrected chi connectivity index (χ4v) is 2.83. The summed E-state index contributed by atoms with van der Waals surface area (Å²) in [4.78, 5) is 0. The molecule has 0 spiro atoms. The number of rotatable bonds is 4. The predicted molar refractivity (Wildman–Crippen MR) is 84.5 cm³/mol. The van der Waals surface area contributed by atoms with E-state index in [0.29, 0.717) is 17.0 Å². The van der Waals surface area contributed by atoms with Gasteiger partial charge < -0.3 is 10.5 Å². The zero-order chi connectivity index (χ0) is 15.6. The number of benzene rings is 2. The molecule has 0 saturated heterocycles. The summed E-state index contributed by atoms with van der Waals surface area (Å²) < 4.78 is 19.2. The molecule has 2 aromatic carbocycles. The van der Waals surface area contributed by atoms with E-state index in [2.05, 4.69) is 0 Å². The summed E-state index contributed by atoms with van der Waals surface area (Å²) in [6, 6.07) is 8.31. The van der Waals surface area contributed by atoms with Crippen molar-refractivity contribution in [2.45, 2.75) is 26.3 Å². The van der Waals surface area contributed by atoms with E-state index in [1.807, 2.05) is 26.0 Å². The number of nitrogens with two attached hydrogens (primary N) is 1. The highest BCUT2D eigenvalue weighted by molar-refractivity contribution is 6.31. The number of methoxy groups -OCH3 is 1. The molecule has 0 bridgehead atoms. The van der Waals surface area contributed by atoms with E-state index in [9.17, 15) is 4.39 Å². The minimum absolute atomic E-state index is 0.317. The second-order valence-corrected chi connectivity index (χ2v) is 5.61. The van der Waals surface area contributed by atoms with Crippen LogP contribution in [0.25, 0.3) is 0 Å². The van der Waals surface area contributed by atoms with Crippen molar-refractivity contribution >= 4 is 11.6 Å². The van der Waals surface area contributed by atoms with E-state index in [1.54, 1.807) is 19.2 Å². The first-order chi connectivity index (χ1) is 9.93. The average molecular weight is 308 g/mol. The van der Waals surface area contributed by atoms with Crippen LogP contribution in [0.2, 0.25) is 5.02 Å². The van der Waals surface area contributed by atoms with Crippen molar-refractivity contribution in [3.63, 3.8) is 0 Å². The molecule has 0 aliphatic carbocycles. The fourth-order valence-electron chi connectivity index (χ4n) is 2.58. The molecule has 2 aromatic rings. The number of halogens is 2. The first kappa shape index (κ1) is 15.8. The molecule has 0 aliphatic rings. The Morgan fingerprint density at radius 2 is 1.86 bits per heavy atom. The summed E-state index contributed by atoms with van der Waals surface area (Å²) in [5.41, 5.74) is 9.67. The van der Waals surface area contributed by atoms with Crippen molar-refractivity contribution in [2.75, 3.05) is 7.11 Å². The van der Waals surface area contributed by atoms with Crippen molar-refractivity contribution in [1.29, 1.82) is 0 Å². The van der Waals surface area contributed by atoms with Crippen LogP contribution in [0.4, 0.5) is 4.39 Å². The molecule has 1 atom stereocenters. The molecule has 0 aliphatic heterocycles. The molecule has 0 fully saturated rings. The maximum Gasteiger partial charge on any atom is 0.127 e. The van der Waals surface area contributed by atoms with Crippen LogP contribution < -0.4 is 10.5 Å². The van der Waals surface area contributed by atoms with Crippen molar-refractivity contribution in [2.24, 2.45) is 5.73 Å². The number of hydrogen-bond donors (Lipinski definition) is 1. The second kappa shape index (κ2) is 6.46. The normalized spacial score (nSPS) is 12.3. The van der Waals surface area contributed by atoms with Gasteiger partial charge in [0.2, 0.25) is 0 Å². The Labute approximate surface area is 129 Å². The summed E-state index contributed by atoms with van der Waals surface area (Å²) in [5.74, 6) is 0.537. The van der Waals surface area contributed by atoms with Gasteiger partial charge in [-0.2, -0.15) is 0 Å². The summed E-state index contributed by atoms with van der Waals surface area (Å²) >= 11 is 6.06. The van der Waals surface area contributed by atoms with Gasteiger partial charge >= 0.3 is 0 Å². The third-order valence-corrected chi connectivity index (χ3v) is 3.95. The number of hydrogen-bond acceptors (Lipinski definition) is 2. The lowest BCUT2D eigenvalue weighted by Gasteiger charge is -2.17. The van der Waals surface area contributed by atoms with Crippen LogP contribution in [0.15, 0.2) is 30.3 Å². The third kappa shape index (κ3) is 3.36. The Kier molecular flexibility index (Phi) is 4.86. The zero-order valence-electron chi connectivity index (χ0n) is 12.4. The molecule has 0 radical (unpaired) electrons. The lowest BCUT2D eigenvalue weighted by molar-refractivity contribution is 0.408. The maximum absolute atomic E-state index is 13.8. The highest BCUT2D eigenvalue weighted by Crippen LogP contribution is 2.29. The van der Waals surface area contributed by atoms with Gasteiger partial charge in [-0.3, -0.25) is 0 Å². The van der Waals surface area contributed by atoms with Gasteiger partial charge in [0.15, 0.2) is 0 Å². The monoisotopic (exact) mass is 307 g/mol. The average Bonchev–Trinajstić information content (AvgIpc) is 2.42. The number of ether oxygens (including phenoxy) is 1. The van der Waals surface area contributed by atoms with Crippen molar-refractivity contribution in [1.82, 2.24) is 0 Å². The van der Waals surface area contributed by atoms with Gasteiger partial charge in [-0.15, -0.1) is 0 Å². The van der Waals surface area contributed by atoms with Gasteiger partial charge in [-0.1, -0.05) is 29.8 Å². The molecule has 21 heavy (non-hydrogen) atoms. The van der Waals surface area contributed by atoms with Gasteiger partial charge in [0.05, 0.1) is 7.11 Å². The molecule has 0 saturated carbocycles. The van der Waals surface area contributed by atoms with Gasteiger partial charge in [-0.25, -0.2) is 4.39 Å². The van der Waals surface area contributed by atoms with Crippen LogP contribution in [0.1, 0.15) is 28.3 Å². The molecular weight excluding hydrogens is 289 g/mol. The molecule has 112 valence electrons. The van der Waals surface area contributed by atoms with Crippen LogP contribution >= 0.6 is 11.6 Å². The molecule has 2 N–H and O–H groups in total. The lowest BCUT2D eigenvalue weighted by Crippen LogP contribution is -2.15. The van der Waals surface area contributed by atoms with E-state index >= 15 is 0 Å². The molecule has 2 nitrogen and oxygen atoms in total. The SMILES string of the molecule is COc1c(C)cc(C(N)Cc2c(F)cccc2Cl)cc1C. The minimum atomic E-state index is -0.320. The van der Waals surface area contributed by atoms with Crippen molar-refractivity contribution < 1.29 is 9.13 Å². The van der Waals surface area contributed by atoms with Gasteiger partial charge in [-0.05, 0) is 49.1 Å². The van der Waals surface area contributed by atoms with E-state index in [1.165, 1.54) is 6.07 Å². The quantitative estimate of drug-likeness (QED) is 0.911. The topological polar surface area (TPSA) is 35.2 Å². The molecule has 1 unspecified atom stereocenters. The summed E-state index contributed by atoms with van der Waals surface area (Å²) in [7, 11) is 1.65. The molecule has 4 heteroatoms. The molecule has 2 rings (SSSR count). The number of aryl methyl sites for hydroxylation is 2. The smallest absolute Gasteiger partial charge is 0.127 e. The third-order valence-electron chi connectivity index (χ3n) is 3.60. The molecule has 0 heterocycles. The highest BCUT2D eigenvalue weighted by Gasteiger charge is 2.15. The second-order valence-electron chi connectivity index (χ2n) is 5.20. The van der Waals surface area contributed by atoms with E-state index < -0.39 is 0 Å². The van der Waals surface area contributed by atoms with Gasteiger partial charge in [0.25, 0.3) is 0 Å². The zero-order valence-corrected chi connectivity index (χ0v) is 13.2. The summed E-state index contributed by atoms with van der Waals surface area (Å²) in [6.07, 6.45) is 0.358. The van der Waals surface area contributed by atoms with Crippen LogP contribution in [0.5, 0.6) is 5.75 Å². The predicted octanol–water partition coefficient (Wildman–Crippen LogP) is 4.35. The van der Waals surface area contributed by atoms with E-state index in [4.69, 9.17) is 22.1 Å². The Balaban J connectivity index is 2.31. The summed E-state index contributed by atoms with van der Waals surface area (Å²) in [5, 5.41) is 0.410. The van der Waals surface area contributed by atoms with Crippen molar-refractivity contribution in [3.8, 4) is 5.75 Å². The minimum Gasteiger partial charge on any atom is -0.496 e. The lowest BCUT2D eigenvalue weighted by atomic mass is 9.95. The van der Waals surface area contributed by atoms with Crippen LogP contribution in [-0.2, 0) is 6.42 Å². The van der Waals surface area contributed by atoms with Gasteiger partial charge in [0, 0.05) is 16.6 Å². The molecule has 0 amide bonds. The van der Waals surface area contributed by atoms with Crippen LogP contribution in [-0.4, -0.2) is 7.11 Å². The first-order valence-corrected chi connectivity index (χ1v) is 7.15. The van der Waals surface area contributed by atoms with Gasteiger partial charge in [0.1, 0.15) is 11.6 Å². The Morgan fingerprint density at radius 1 is 1.24 bits per heavy atom. The molecular formula is C17H19ClFNO. The summed E-state index contributed by atoms with van der Waals surface area (Å²) in [6.45, 7) is 3.94. The first-order valence-electron chi connectivity index (χ1n) is 6.77. The standard InChI is InChI=1S/C17H19ClFNO/c1-10-7-12(8-11(2)17(10)21-3)16(20)9-13-14(18)5-4-6-15(13)19/h4-8,16H,9,20H2,1-3H3. The van der Waals surface area contributed by atoms with E-state index in [0.717, 1.165) is 22.4 Å². The highest BCUT2D eigenvalue weighted by atomic mass is 35.5. The Morgan fingerprint density at radius 3 is 2.38 bits per heavy atom. The van der Waals surface area contributed by atoms with Crippen LogP contribution in [0.3, 0.4) is 0 Å². The Hall–Kier alpha value is -1.58. The molecule has 0 aromatic heterocycles. The maximum atomic E-state index is 13.8. The van der Waals surface area contributed by atoms with Crippen LogP contribution in [0, 0.1) is 19.7 Å². The Bertz CT molecular complexity index is 614. The fraction of sp³-hybridized carbons (Fsp3) is 0.294. The van der Waals surface area contributed by atoms with E-state index in [-0.39, 0.29) is 11.9 Å². The van der Waals surface area contributed by atoms with Crippen molar-refractivity contribution in [3.05, 3.63) is 63.4 Å².